The fourth-order valence-electron chi connectivity index (χ4n) is 1.82. The summed E-state index contributed by atoms with van der Waals surface area (Å²) in [5, 5.41) is 5.90. The number of rotatable bonds is 1. The summed E-state index contributed by atoms with van der Waals surface area (Å²) in [6.45, 7) is 1.66. The lowest BCUT2D eigenvalue weighted by atomic mass is 9.95. The van der Waals surface area contributed by atoms with Gasteiger partial charge in [-0.15, -0.1) is 0 Å². The molecule has 1 atom stereocenters. The van der Waals surface area contributed by atoms with Crippen LogP contribution in [0, 0.1) is 5.92 Å². The zero-order valence-corrected chi connectivity index (χ0v) is 9.95. The number of hydrogen-bond acceptors (Lipinski definition) is 4. The van der Waals surface area contributed by atoms with Gasteiger partial charge >= 0.3 is 0 Å². The first kappa shape index (κ1) is 10.0. The van der Waals surface area contributed by atoms with E-state index in [-0.39, 0.29) is 11.8 Å². The quantitative estimate of drug-likeness (QED) is 0.747. The van der Waals surface area contributed by atoms with E-state index in [0.717, 1.165) is 13.1 Å². The highest BCUT2D eigenvalue weighted by atomic mass is 79.9. The maximum Gasteiger partial charge on any atom is 0.267 e. The Morgan fingerprint density at radius 2 is 2.25 bits per heavy atom. The molecule has 1 saturated heterocycles. The van der Waals surface area contributed by atoms with Gasteiger partial charge in [-0.3, -0.25) is 4.79 Å². The number of fused-ring (bicyclic) bond motifs is 1. The van der Waals surface area contributed by atoms with Crippen LogP contribution in [0.15, 0.2) is 16.7 Å². The third kappa shape index (κ3) is 1.58. The standard InChI is InChI=1S/C10H10BrN3O2/c11-7-2-1-6-9(13-7)14-10(15)8(16-6)5-3-12-4-5/h1-2,5,8,12H,3-4H2,(H,13,14,15). The zero-order valence-electron chi connectivity index (χ0n) is 8.37. The van der Waals surface area contributed by atoms with Gasteiger partial charge in [-0.05, 0) is 28.1 Å². The second-order valence-electron chi connectivity index (χ2n) is 3.93. The van der Waals surface area contributed by atoms with Crippen LogP contribution >= 0.6 is 15.9 Å². The highest BCUT2D eigenvalue weighted by Crippen LogP contribution is 2.31. The third-order valence-corrected chi connectivity index (χ3v) is 3.26. The van der Waals surface area contributed by atoms with Gasteiger partial charge in [-0.25, -0.2) is 4.98 Å². The fourth-order valence-corrected chi connectivity index (χ4v) is 2.13. The van der Waals surface area contributed by atoms with E-state index in [0.29, 0.717) is 16.2 Å². The van der Waals surface area contributed by atoms with Crippen molar-refractivity contribution in [3.8, 4) is 5.75 Å². The molecule has 0 bridgehead atoms. The normalized spacial score (nSPS) is 24.1. The van der Waals surface area contributed by atoms with Gasteiger partial charge < -0.3 is 15.4 Å². The van der Waals surface area contributed by atoms with Gasteiger partial charge in [-0.1, -0.05) is 0 Å². The number of halogens is 1. The molecule has 2 aliphatic rings. The Labute approximate surface area is 101 Å². The number of nitrogens with zero attached hydrogens (tertiary/aromatic N) is 1. The van der Waals surface area contributed by atoms with Gasteiger partial charge in [0, 0.05) is 19.0 Å². The number of nitrogens with one attached hydrogen (secondary N) is 2. The van der Waals surface area contributed by atoms with Crippen molar-refractivity contribution in [2.75, 3.05) is 18.4 Å². The average molecular weight is 284 g/mol. The summed E-state index contributed by atoms with van der Waals surface area (Å²) in [7, 11) is 0. The van der Waals surface area contributed by atoms with Gasteiger partial charge in [0.1, 0.15) is 4.60 Å². The Kier molecular flexibility index (Phi) is 2.33. The van der Waals surface area contributed by atoms with Crippen LogP contribution < -0.4 is 15.4 Å². The van der Waals surface area contributed by atoms with Crippen molar-refractivity contribution in [1.82, 2.24) is 10.3 Å². The second kappa shape index (κ2) is 3.71. The Morgan fingerprint density at radius 3 is 2.94 bits per heavy atom. The minimum atomic E-state index is -0.392. The lowest BCUT2D eigenvalue weighted by molar-refractivity contribution is -0.126. The molecule has 0 spiro atoms. The maximum absolute atomic E-state index is 11.8. The number of aromatic nitrogens is 1. The molecule has 0 saturated carbocycles. The summed E-state index contributed by atoms with van der Waals surface area (Å²) >= 11 is 3.25. The van der Waals surface area contributed by atoms with E-state index in [1.54, 1.807) is 6.07 Å². The van der Waals surface area contributed by atoms with Crippen LogP contribution in [0.1, 0.15) is 0 Å². The minimum absolute atomic E-state index is 0.107. The minimum Gasteiger partial charge on any atom is -0.476 e. The fraction of sp³-hybridized carbons (Fsp3) is 0.400. The molecule has 1 unspecified atom stereocenters. The number of anilines is 1. The van der Waals surface area contributed by atoms with Crippen LogP contribution in [0.2, 0.25) is 0 Å². The molecule has 2 N–H and O–H groups in total. The van der Waals surface area contributed by atoms with Crippen LogP contribution in [0.4, 0.5) is 5.82 Å². The molecule has 1 aromatic rings. The number of carbonyl (C=O) groups excluding carboxylic acids is 1. The van der Waals surface area contributed by atoms with Crippen LogP contribution in [0.3, 0.4) is 0 Å². The van der Waals surface area contributed by atoms with E-state index >= 15 is 0 Å². The van der Waals surface area contributed by atoms with E-state index in [1.165, 1.54) is 0 Å². The van der Waals surface area contributed by atoms with Gasteiger partial charge in [0.05, 0.1) is 0 Å². The molecule has 3 rings (SSSR count). The van der Waals surface area contributed by atoms with E-state index in [1.807, 2.05) is 6.07 Å². The Hall–Kier alpha value is -1.14. The molecule has 1 amide bonds. The molecule has 16 heavy (non-hydrogen) atoms. The molecule has 5 nitrogen and oxygen atoms in total. The number of amides is 1. The SMILES string of the molecule is O=C1Nc2nc(Br)ccc2OC1C1CNC1. The highest BCUT2D eigenvalue weighted by Gasteiger charge is 2.38. The molecule has 3 heterocycles. The van der Waals surface area contributed by atoms with Crippen LogP contribution in [0.25, 0.3) is 0 Å². The van der Waals surface area contributed by atoms with Gasteiger partial charge in [0.15, 0.2) is 17.7 Å². The lowest BCUT2D eigenvalue weighted by Gasteiger charge is -2.36. The van der Waals surface area contributed by atoms with Gasteiger partial charge in [-0.2, -0.15) is 0 Å². The monoisotopic (exact) mass is 283 g/mol. The summed E-state index contributed by atoms with van der Waals surface area (Å²) < 4.78 is 6.35. The van der Waals surface area contributed by atoms with Crippen LogP contribution in [-0.4, -0.2) is 30.1 Å². The summed E-state index contributed by atoms with van der Waals surface area (Å²) in [5.74, 6) is 1.28. The van der Waals surface area contributed by atoms with Gasteiger partial charge in [0.2, 0.25) is 0 Å². The largest absolute Gasteiger partial charge is 0.476 e. The molecule has 1 fully saturated rings. The summed E-state index contributed by atoms with van der Waals surface area (Å²) in [6, 6.07) is 3.61. The summed E-state index contributed by atoms with van der Waals surface area (Å²) in [6.07, 6.45) is -0.392. The molecule has 0 aromatic carbocycles. The van der Waals surface area contributed by atoms with E-state index in [4.69, 9.17) is 4.74 Å². The molecular weight excluding hydrogens is 274 g/mol. The molecule has 6 heteroatoms. The second-order valence-corrected chi connectivity index (χ2v) is 4.74. The smallest absolute Gasteiger partial charge is 0.267 e. The number of carbonyl (C=O) groups is 1. The molecule has 2 aliphatic heterocycles. The van der Waals surface area contributed by atoms with E-state index in [2.05, 4.69) is 31.5 Å². The number of pyridine rings is 1. The highest BCUT2D eigenvalue weighted by molar-refractivity contribution is 9.10. The van der Waals surface area contributed by atoms with Crippen molar-refractivity contribution < 1.29 is 9.53 Å². The van der Waals surface area contributed by atoms with Gasteiger partial charge in [0.25, 0.3) is 5.91 Å². The Balaban J connectivity index is 1.89. The average Bonchev–Trinajstić information content (AvgIpc) is 2.16. The summed E-state index contributed by atoms with van der Waals surface area (Å²) in [4.78, 5) is 15.9. The van der Waals surface area contributed by atoms with E-state index < -0.39 is 6.10 Å². The van der Waals surface area contributed by atoms with Crippen molar-refractivity contribution in [3.63, 3.8) is 0 Å². The lowest BCUT2D eigenvalue weighted by Crippen LogP contribution is -2.55. The molecule has 0 radical (unpaired) electrons. The first-order valence-electron chi connectivity index (χ1n) is 5.09. The topological polar surface area (TPSA) is 63.2 Å². The Bertz CT molecular complexity index is 448. The predicted octanol–water partition coefficient (Wildman–Crippen LogP) is 0.763. The molecular formula is C10H10BrN3O2. The Morgan fingerprint density at radius 1 is 1.44 bits per heavy atom. The van der Waals surface area contributed by atoms with Crippen LogP contribution in [0.5, 0.6) is 5.75 Å². The third-order valence-electron chi connectivity index (χ3n) is 2.82. The number of ether oxygens (including phenoxy) is 1. The zero-order chi connectivity index (χ0) is 11.1. The van der Waals surface area contributed by atoms with Crippen molar-refractivity contribution in [3.05, 3.63) is 16.7 Å². The van der Waals surface area contributed by atoms with Crippen molar-refractivity contribution in [2.45, 2.75) is 6.10 Å². The van der Waals surface area contributed by atoms with Crippen LogP contribution in [-0.2, 0) is 4.79 Å². The molecule has 0 aliphatic carbocycles. The van der Waals surface area contributed by atoms with Crippen molar-refractivity contribution >= 4 is 27.7 Å². The van der Waals surface area contributed by atoms with Crippen molar-refractivity contribution in [1.29, 1.82) is 0 Å². The predicted molar refractivity (Wildman–Crippen MR) is 61.3 cm³/mol. The summed E-state index contributed by atoms with van der Waals surface area (Å²) in [5.41, 5.74) is 0. The number of hydrogen-bond donors (Lipinski definition) is 2. The van der Waals surface area contributed by atoms with Crippen molar-refractivity contribution in [2.24, 2.45) is 5.92 Å². The first-order chi connectivity index (χ1) is 7.74. The molecule has 84 valence electrons. The first-order valence-corrected chi connectivity index (χ1v) is 5.88. The van der Waals surface area contributed by atoms with E-state index in [9.17, 15) is 4.79 Å². The maximum atomic E-state index is 11.8. The molecule has 1 aromatic heterocycles.